The van der Waals surface area contributed by atoms with Crippen LogP contribution in [0.25, 0.3) is 0 Å². The van der Waals surface area contributed by atoms with Crippen LogP contribution in [0.2, 0.25) is 0 Å². The van der Waals surface area contributed by atoms with E-state index in [1.165, 1.54) is 68.0 Å². The van der Waals surface area contributed by atoms with Crippen LogP contribution in [0.5, 0.6) is 17.5 Å². The van der Waals surface area contributed by atoms with Crippen LogP contribution in [-0.4, -0.2) is 118 Å². The number of Topliss-reactive ketones (excluding diaryl/α,β-unsaturated/α-hetero) is 3. The predicted molar refractivity (Wildman–Crippen MR) is 301 cm³/mol. The largest absolute Gasteiger partial charge is 0.495 e. The number of ether oxygens (including phenoxy) is 3. The standard InChI is InChI=1S/C20H18F5N3O2.2C20H21F3N4O2/c1-30-12-3-5-15(27-10-12)16(29)9-11-2-4-14(21)13(8-11)20(18(22)23)19(24,25)7-6-17(26)28-20;2*1-19(5-6-20(23,11-21)18(24)27-19)13-7-12(3-4-14(13)22)8-16(28)15-9-26-17(29-2)10-25-15/h2-5,8,10,18H,6-7,9H2,1H3,(H2,26,28);2*3-4,7,9-10H,5-6,8,11H2,1-2H3,(H2,24,27)/t20-;2*19-,20+/m000/s1/i1D3;2D3;. The second-order valence-electron chi connectivity index (χ2n) is 21.1. The van der Waals surface area contributed by atoms with Crippen molar-refractivity contribution in [1.82, 2.24) is 24.9 Å². The van der Waals surface area contributed by atoms with E-state index < -0.39 is 139 Å². The molecule has 0 amide bonds. The van der Waals surface area contributed by atoms with Gasteiger partial charge in [0.1, 0.15) is 65.3 Å². The lowest BCUT2D eigenvalue weighted by atomic mass is 9.79. The Kier molecular flexibility index (Phi) is 17.8. The maximum Gasteiger partial charge on any atom is 0.283 e. The van der Waals surface area contributed by atoms with Crippen molar-refractivity contribution in [2.75, 3.05) is 34.5 Å². The fraction of sp³-hybridized carbons (Fsp3) is 0.383. The third-order valence-corrected chi connectivity index (χ3v) is 15.0. The van der Waals surface area contributed by atoms with Crippen LogP contribution in [0.15, 0.2) is 113 Å². The van der Waals surface area contributed by atoms with E-state index in [1.54, 1.807) is 13.8 Å². The molecule has 0 radical (unpaired) electrons. The Hall–Kier alpha value is -8.98. The lowest BCUT2D eigenvalue weighted by Gasteiger charge is -2.40. The van der Waals surface area contributed by atoms with Crippen LogP contribution in [-0.2, 0) is 35.9 Å². The Morgan fingerprint density at radius 3 is 1.36 bits per heavy atom. The number of amidine groups is 3. The molecule has 0 fully saturated rings. The Labute approximate surface area is 505 Å². The van der Waals surface area contributed by atoms with Gasteiger partial charge in [0.2, 0.25) is 17.3 Å². The highest BCUT2D eigenvalue weighted by atomic mass is 19.3. The Morgan fingerprint density at radius 1 is 0.545 bits per heavy atom. The minimum Gasteiger partial charge on any atom is -0.495 e. The zero-order valence-electron chi connectivity index (χ0n) is 53.0. The number of pyridine rings is 1. The molecule has 3 aliphatic heterocycles. The van der Waals surface area contributed by atoms with Crippen molar-refractivity contribution in [3.8, 4) is 17.5 Å². The highest BCUT2D eigenvalue weighted by molar-refractivity contribution is 5.97. The molecule has 0 saturated carbocycles. The average Bonchev–Trinajstić information content (AvgIpc) is 0.738. The minimum absolute atomic E-state index is 0.0267. The molecule has 3 aromatic carbocycles. The first kappa shape index (κ1) is 58.1. The molecule has 0 unspecified atom stereocenters. The van der Waals surface area contributed by atoms with E-state index >= 15 is 0 Å². The summed E-state index contributed by atoms with van der Waals surface area (Å²) in [5, 5.41) is 0. The van der Waals surface area contributed by atoms with E-state index in [4.69, 9.17) is 30.2 Å². The van der Waals surface area contributed by atoms with Gasteiger partial charge in [-0.3, -0.25) is 24.4 Å². The normalized spacial score (nSPS) is 24.2. The summed E-state index contributed by atoms with van der Waals surface area (Å²) in [6.07, 6.45) is -0.542. The Morgan fingerprint density at radius 2 is 0.977 bits per heavy atom. The van der Waals surface area contributed by atoms with Gasteiger partial charge in [0.05, 0.1) is 77.3 Å². The molecule has 0 bridgehead atoms. The van der Waals surface area contributed by atoms with Crippen molar-refractivity contribution >= 4 is 34.9 Å². The van der Waals surface area contributed by atoms with E-state index in [0.717, 1.165) is 30.7 Å². The van der Waals surface area contributed by atoms with Gasteiger partial charge in [-0.25, -0.2) is 78.2 Å². The molecule has 6 heterocycles. The van der Waals surface area contributed by atoms with E-state index in [0.29, 0.717) is 17.2 Å². The van der Waals surface area contributed by atoms with Crippen molar-refractivity contribution in [2.24, 2.45) is 32.2 Å². The molecule has 88 heavy (non-hydrogen) atoms. The summed E-state index contributed by atoms with van der Waals surface area (Å²) in [6.45, 7) is 0.582. The van der Waals surface area contributed by atoms with Gasteiger partial charge in [-0.2, -0.15) is 0 Å². The average molecular weight is 1250 g/mol. The number of aliphatic imine (C=N–C) groups is 3. The van der Waals surface area contributed by atoms with Gasteiger partial charge >= 0.3 is 0 Å². The summed E-state index contributed by atoms with van der Waals surface area (Å²) in [5.41, 5.74) is 6.28. The minimum atomic E-state index is -4.09. The first-order valence-corrected chi connectivity index (χ1v) is 26.5. The summed E-state index contributed by atoms with van der Waals surface area (Å²) in [6, 6.07) is 13.1. The SMILES string of the molecule is COc1cnc(C(=O)Cc2ccc(F)c([C@]3(C)CC[C@@](F)(CF)C(N)=N3)c2)cn1.[2H]C([2H])([2H])Oc1ccc(C(=O)Cc2ccc(F)c([C@@]3(C(F)F)N=C(N)CCC3(F)F)c2)nc1.[2H]C([2H])([2H])Oc1cnc(C(=O)Cc2ccc(F)c([C@]3(C)CC[C@@](F)(CF)C(N)=N3)c2)cn1. The molecular weight excluding hydrogens is 1180 g/mol. The van der Waals surface area contributed by atoms with Crippen LogP contribution in [0.3, 0.4) is 0 Å². The van der Waals surface area contributed by atoms with Crippen molar-refractivity contribution in [2.45, 2.75) is 112 Å². The first-order valence-electron chi connectivity index (χ1n) is 29.5. The number of methoxy groups -OCH3 is 3. The molecule has 6 N–H and O–H groups in total. The van der Waals surface area contributed by atoms with E-state index in [1.807, 2.05) is 0 Å². The quantitative estimate of drug-likeness (QED) is 0.0534. The second kappa shape index (κ2) is 27.0. The number of aromatic nitrogens is 5. The topological polar surface area (TPSA) is 258 Å². The molecule has 5 atom stereocenters. The third-order valence-electron chi connectivity index (χ3n) is 15.0. The third kappa shape index (κ3) is 14.4. The molecule has 0 aliphatic carbocycles. The lowest BCUT2D eigenvalue weighted by molar-refractivity contribution is -0.145. The molecule has 3 aliphatic rings. The number of rotatable bonds is 18. The Bertz CT molecular complexity index is 3860. The smallest absolute Gasteiger partial charge is 0.283 e. The summed E-state index contributed by atoms with van der Waals surface area (Å²) in [4.78, 5) is 68.3. The zero-order valence-corrected chi connectivity index (χ0v) is 47.0. The van der Waals surface area contributed by atoms with Gasteiger partial charge in [-0.05, 0) is 105 Å². The first-order chi connectivity index (χ1) is 43.8. The van der Waals surface area contributed by atoms with Crippen molar-refractivity contribution in [1.29, 1.82) is 0 Å². The van der Waals surface area contributed by atoms with E-state index in [9.17, 15) is 62.7 Å². The highest BCUT2D eigenvalue weighted by Crippen LogP contribution is 2.51. The summed E-state index contributed by atoms with van der Waals surface area (Å²) in [7, 11) is -3.98. The Balaban J connectivity index is 0.000000200. The maximum absolute atomic E-state index is 14.7. The van der Waals surface area contributed by atoms with Gasteiger partial charge in [0, 0.05) is 48.8 Å². The summed E-state index contributed by atoms with van der Waals surface area (Å²) in [5.74, 6) is -9.58. The van der Waals surface area contributed by atoms with Crippen LogP contribution in [0, 0.1) is 17.5 Å². The maximum atomic E-state index is 14.7. The number of nitrogens with zero attached hydrogens (tertiary/aromatic N) is 8. The molecule has 28 heteroatoms. The molecular formula is C60H60F11N11O6. The fourth-order valence-electron chi connectivity index (χ4n) is 9.74. The number of ketones is 3. The van der Waals surface area contributed by atoms with E-state index in [-0.39, 0.29) is 95.6 Å². The molecule has 17 nitrogen and oxygen atoms in total. The number of hydrogen-bond acceptors (Lipinski definition) is 17. The predicted octanol–water partition coefficient (Wildman–Crippen LogP) is 10.1. The van der Waals surface area contributed by atoms with Gasteiger partial charge < -0.3 is 31.4 Å². The molecule has 468 valence electrons. The molecule has 0 spiro atoms. The summed E-state index contributed by atoms with van der Waals surface area (Å²) < 4.78 is 212. The number of hydrogen-bond donors (Lipinski definition) is 3. The zero-order chi connectivity index (χ0) is 69.6. The number of carbonyl (C=O) groups excluding carboxylic acids is 3. The van der Waals surface area contributed by atoms with Crippen LogP contribution in [0.4, 0.5) is 48.3 Å². The van der Waals surface area contributed by atoms with Crippen LogP contribution in [0.1, 0.15) is 125 Å². The van der Waals surface area contributed by atoms with Crippen molar-refractivity contribution in [3.63, 3.8) is 0 Å². The number of benzene rings is 3. The number of nitrogens with two attached hydrogens (primary N) is 3. The molecule has 9 rings (SSSR count). The highest BCUT2D eigenvalue weighted by Gasteiger charge is 2.64. The van der Waals surface area contributed by atoms with Gasteiger partial charge in [-0.1, -0.05) is 18.2 Å². The van der Waals surface area contributed by atoms with Crippen LogP contribution < -0.4 is 31.4 Å². The molecule has 3 aromatic heterocycles. The van der Waals surface area contributed by atoms with Gasteiger partial charge in [0.25, 0.3) is 12.3 Å². The van der Waals surface area contributed by atoms with Crippen molar-refractivity contribution in [3.05, 3.63) is 166 Å². The lowest BCUT2D eigenvalue weighted by Crippen LogP contribution is -2.54. The number of carbonyl (C=O) groups is 3. The number of halogens is 11. The monoisotopic (exact) mass is 1250 g/mol. The van der Waals surface area contributed by atoms with E-state index in [2.05, 4.69) is 49.4 Å². The fourth-order valence-corrected chi connectivity index (χ4v) is 9.74. The second-order valence-corrected chi connectivity index (χ2v) is 21.1. The number of alkyl halides is 8. The van der Waals surface area contributed by atoms with Gasteiger partial charge in [0.15, 0.2) is 28.7 Å². The molecule has 0 saturated heterocycles. The van der Waals surface area contributed by atoms with Gasteiger partial charge in [-0.15, -0.1) is 0 Å². The summed E-state index contributed by atoms with van der Waals surface area (Å²) >= 11 is 0. The van der Waals surface area contributed by atoms with Crippen molar-refractivity contribution < 1.29 is 85.1 Å². The molecule has 6 aromatic rings. The van der Waals surface area contributed by atoms with Crippen LogP contribution >= 0.6 is 0 Å².